The molecule has 0 radical (unpaired) electrons. The van der Waals surface area contributed by atoms with Crippen LogP contribution in [0.1, 0.15) is 21.8 Å². The molecular weight excluding hydrogens is 463 g/mol. The number of nitrogens with one attached hydrogen (secondary N) is 1. The van der Waals surface area contributed by atoms with Gasteiger partial charge in [0.2, 0.25) is 0 Å². The Morgan fingerprint density at radius 3 is 2.37 bits per heavy atom. The summed E-state index contributed by atoms with van der Waals surface area (Å²) in [6.45, 7) is 8.87. The van der Waals surface area contributed by atoms with Crippen molar-refractivity contribution in [1.82, 2.24) is 19.8 Å². The number of nitrogens with zero attached hydrogens (tertiary/aromatic N) is 3. The van der Waals surface area contributed by atoms with Crippen LogP contribution in [-0.2, 0) is 13.1 Å². The van der Waals surface area contributed by atoms with Crippen molar-refractivity contribution < 1.29 is 9.13 Å². The highest BCUT2D eigenvalue weighted by Gasteiger charge is 2.21. The molecule has 0 spiro atoms. The van der Waals surface area contributed by atoms with Gasteiger partial charge in [0, 0.05) is 43.2 Å². The minimum Gasteiger partial charge on any atom is -0.494 e. The first-order valence-electron chi connectivity index (χ1n) is 11.8. The molecule has 1 aliphatic rings. The summed E-state index contributed by atoms with van der Waals surface area (Å²) in [5, 5.41) is 0.677. The fraction of sp³-hybridized carbons (Fsp3) is 0.333. The van der Waals surface area contributed by atoms with Gasteiger partial charge in [-0.05, 0) is 37.1 Å². The van der Waals surface area contributed by atoms with E-state index >= 15 is 0 Å². The van der Waals surface area contributed by atoms with E-state index in [1.54, 1.807) is 23.5 Å². The van der Waals surface area contributed by atoms with Crippen molar-refractivity contribution in [2.45, 2.75) is 26.9 Å². The van der Waals surface area contributed by atoms with Gasteiger partial charge in [-0.1, -0.05) is 35.9 Å². The van der Waals surface area contributed by atoms with E-state index in [2.05, 4.69) is 52.9 Å². The Morgan fingerprint density at radius 2 is 1.71 bits per heavy atom. The van der Waals surface area contributed by atoms with E-state index in [-0.39, 0.29) is 17.1 Å². The van der Waals surface area contributed by atoms with Crippen molar-refractivity contribution in [2.24, 2.45) is 0 Å². The van der Waals surface area contributed by atoms with Crippen LogP contribution in [0.4, 0.5) is 4.39 Å². The molecule has 0 saturated carbocycles. The number of fused-ring (bicyclic) bond motifs is 1. The average molecular weight is 493 g/mol. The second kappa shape index (κ2) is 9.89. The topological polar surface area (TPSA) is 61.5 Å². The molecule has 0 atom stereocenters. The third-order valence-corrected chi connectivity index (χ3v) is 7.59. The number of hydrogen-bond acceptors (Lipinski definition) is 6. The summed E-state index contributed by atoms with van der Waals surface area (Å²) in [6.07, 6.45) is 0. The number of H-pyrrole nitrogens is 1. The predicted molar refractivity (Wildman–Crippen MR) is 139 cm³/mol. The Morgan fingerprint density at radius 1 is 1.03 bits per heavy atom. The van der Waals surface area contributed by atoms with Gasteiger partial charge in [-0.3, -0.25) is 14.6 Å². The number of ether oxygens (including phenoxy) is 1. The molecule has 4 aromatic rings. The second-order valence-electron chi connectivity index (χ2n) is 9.11. The Bertz CT molecular complexity index is 1410. The van der Waals surface area contributed by atoms with Crippen LogP contribution in [0.5, 0.6) is 5.75 Å². The Balaban J connectivity index is 1.26. The lowest BCUT2D eigenvalue weighted by molar-refractivity contribution is 0.120. The van der Waals surface area contributed by atoms with Crippen LogP contribution in [0, 0.1) is 19.7 Å². The number of piperazine rings is 1. The number of aromatic nitrogens is 2. The smallest absolute Gasteiger partial charge is 0.260 e. The molecular formula is C27H29FN4O2S. The maximum atomic E-state index is 14.0. The molecule has 0 aliphatic carbocycles. The molecule has 6 nitrogen and oxygen atoms in total. The minimum atomic E-state index is -0.330. The summed E-state index contributed by atoms with van der Waals surface area (Å²) in [7, 11) is 1.47. The fourth-order valence-corrected chi connectivity index (χ4v) is 5.75. The van der Waals surface area contributed by atoms with Crippen LogP contribution < -0.4 is 10.3 Å². The van der Waals surface area contributed by atoms with Crippen molar-refractivity contribution in [1.29, 1.82) is 0 Å². The third-order valence-electron chi connectivity index (χ3n) is 6.59. The maximum absolute atomic E-state index is 14.0. The molecule has 0 unspecified atom stereocenters. The lowest BCUT2D eigenvalue weighted by atomic mass is 10.0. The van der Waals surface area contributed by atoms with Crippen LogP contribution in [0.3, 0.4) is 0 Å². The molecule has 1 aliphatic heterocycles. The zero-order chi connectivity index (χ0) is 24.5. The number of benzene rings is 2. The molecule has 3 heterocycles. The molecule has 1 saturated heterocycles. The first kappa shape index (κ1) is 23.7. The number of aromatic amines is 1. The summed E-state index contributed by atoms with van der Waals surface area (Å²) in [4.78, 5) is 27.4. The minimum absolute atomic E-state index is 0.0786. The van der Waals surface area contributed by atoms with Gasteiger partial charge >= 0.3 is 0 Å². The number of methoxy groups -OCH3 is 1. The quantitative estimate of drug-likeness (QED) is 0.422. The van der Waals surface area contributed by atoms with Crippen LogP contribution >= 0.6 is 11.3 Å². The highest BCUT2D eigenvalue weighted by molar-refractivity contribution is 7.19. The van der Waals surface area contributed by atoms with Gasteiger partial charge in [-0.2, -0.15) is 0 Å². The number of rotatable bonds is 6. The van der Waals surface area contributed by atoms with Crippen molar-refractivity contribution >= 4 is 21.6 Å². The van der Waals surface area contributed by atoms with Gasteiger partial charge in [0.15, 0.2) is 11.6 Å². The van der Waals surface area contributed by atoms with E-state index < -0.39 is 0 Å². The largest absolute Gasteiger partial charge is 0.494 e. The summed E-state index contributed by atoms with van der Waals surface area (Å²) >= 11 is 1.58. The number of aryl methyl sites for hydroxylation is 2. The maximum Gasteiger partial charge on any atom is 0.260 e. The molecule has 5 rings (SSSR count). The number of thiophene rings is 1. The van der Waals surface area contributed by atoms with Gasteiger partial charge in [0.1, 0.15) is 10.7 Å². The van der Waals surface area contributed by atoms with Crippen molar-refractivity contribution in [3.8, 4) is 16.9 Å². The molecule has 1 N–H and O–H groups in total. The first-order valence-corrected chi connectivity index (χ1v) is 12.6. The second-order valence-corrected chi connectivity index (χ2v) is 10.3. The molecule has 2 aromatic carbocycles. The van der Waals surface area contributed by atoms with E-state index in [0.717, 1.165) is 52.6 Å². The van der Waals surface area contributed by atoms with E-state index in [1.165, 1.54) is 12.7 Å². The van der Waals surface area contributed by atoms with Gasteiger partial charge in [-0.15, -0.1) is 11.3 Å². The summed E-state index contributed by atoms with van der Waals surface area (Å²) in [5.74, 6) is 0.636. The highest BCUT2D eigenvalue weighted by atomic mass is 32.1. The average Bonchev–Trinajstić information content (AvgIpc) is 3.17. The summed E-state index contributed by atoms with van der Waals surface area (Å²) < 4.78 is 19.0. The fourth-order valence-electron chi connectivity index (χ4n) is 4.69. The number of hydrogen-bond donors (Lipinski definition) is 1. The van der Waals surface area contributed by atoms with Gasteiger partial charge in [0.05, 0.1) is 19.0 Å². The zero-order valence-electron chi connectivity index (χ0n) is 20.2. The van der Waals surface area contributed by atoms with Crippen molar-refractivity contribution in [2.75, 3.05) is 33.3 Å². The normalized spacial score (nSPS) is 15.1. The molecule has 182 valence electrons. The van der Waals surface area contributed by atoms with Crippen molar-refractivity contribution in [3.05, 3.63) is 80.5 Å². The lowest BCUT2D eigenvalue weighted by Crippen LogP contribution is -2.45. The molecule has 8 heteroatoms. The zero-order valence-corrected chi connectivity index (χ0v) is 21.0. The molecule has 2 aromatic heterocycles. The highest BCUT2D eigenvalue weighted by Crippen LogP contribution is 2.35. The van der Waals surface area contributed by atoms with Gasteiger partial charge in [0.25, 0.3) is 5.56 Å². The van der Waals surface area contributed by atoms with Gasteiger partial charge < -0.3 is 9.72 Å². The standard InChI is InChI=1S/C27H29FN4O2S/c1-17-4-7-20(8-5-17)24-18(2)35-27-25(24)26(33)29-23(30-27)16-32-12-10-31(11-13-32)15-19-6-9-22(34-3)21(28)14-19/h4-9,14H,10-13,15-16H2,1-3H3,(H,29,30,33). The van der Waals surface area contributed by atoms with Gasteiger partial charge in [-0.25, -0.2) is 9.37 Å². The molecule has 1 fully saturated rings. The Kier molecular flexibility index (Phi) is 6.69. The van der Waals surface area contributed by atoms with Crippen LogP contribution in [-0.4, -0.2) is 53.1 Å². The summed E-state index contributed by atoms with van der Waals surface area (Å²) in [5.41, 5.74) is 4.08. The van der Waals surface area contributed by atoms with Crippen LogP contribution in [0.15, 0.2) is 47.3 Å². The molecule has 0 bridgehead atoms. The van der Waals surface area contributed by atoms with E-state index in [1.807, 2.05) is 6.07 Å². The van der Waals surface area contributed by atoms with Crippen LogP contribution in [0.25, 0.3) is 21.3 Å². The van der Waals surface area contributed by atoms with E-state index in [4.69, 9.17) is 9.72 Å². The Hall–Kier alpha value is -3.07. The lowest BCUT2D eigenvalue weighted by Gasteiger charge is -2.34. The third kappa shape index (κ3) is 5.00. The monoisotopic (exact) mass is 492 g/mol. The van der Waals surface area contributed by atoms with E-state index in [0.29, 0.717) is 24.3 Å². The first-order chi connectivity index (χ1) is 16.9. The van der Waals surface area contributed by atoms with E-state index in [9.17, 15) is 9.18 Å². The SMILES string of the molecule is COc1ccc(CN2CCN(Cc3nc4sc(C)c(-c5ccc(C)cc5)c4c(=O)[nH]3)CC2)cc1F. The molecule has 0 amide bonds. The predicted octanol–water partition coefficient (Wildman–Crippen LogP) is 4.73. The van der Waals surface area contributed by atoms with Crippen LogP contribution in [0.2, 0.25) is 0 Å². The van der Waals surface area contributed by atoms with Crippen molar-refractivity contribution in [3.63, 3.8) is 0 Å². The molecule has 35 heavy (non-hydrogen) atoms. The number of halogens is 1. The summed E-state index contributed by atoms with van der Waals surface area (Å²) in [6, 6.07) is 13.4. The Labute approximate surface area is 208 Å².